The molecule has 17 heavy (non-hydrogen) atoms. The van der Waals surface area contributed by atoms with Crippen molar-refractivity contribution < 1.29 is 9.53 Å². The molecule has 0 heterocycles. The molecular formula is C13H25NO2S. The summed E-state index contributed by atoms with van der Waals surface area (Å²) in [5.41, 5.74) is -0.460. The lowest BCUT2D eigenvalue weighted by atomic mass is 9.92. The fourth-order valence-corrected chi connectivity index (χ4v) is 2.58. The van der Waals surface area contributed by atoms with Gasteiger partial charge in [-0.15, -0.1) is 0 Å². The van der Waals surface area contributed by atoms with Gasteiger partial charge < -0.3 is 10.1 Å². The summed E-state index contributed by atoms with van der Waals surface area (Å²) in [4.78, 5) is 11.8. The van der Waals surface area contributed by atoms with Crippen LogP contribution in [0.3, 0.4) is 0 Å². The molecule has 1 N–H and O–H groups in total. The summed E-state index contributed by atoms with van der Waals surface area (Å²) in [6.07, 6.45) is 6.30. The first-order valence-electron chi connectivity index (χ1n) is 6.49. The summed E-state index contributed by atoms with van der Waals surface area (Å²) >= 11 is 4.25. The summed E-state index contributed by atoms with van der Waals surface area (Å²) in [5.74, 6) is 0.873. The molecule has 0 radical (unpaired) electrons. The van der Waals surface area contributed by atoms with E-state index in [-0.39, 0.29) is 11.6 Å². The first-order valence-corrected chi connectivity index (χ1v) is 7.12. The second-order valence-electron chi connectivity index (χ2n) is 5.94. The van der Waals surface area contributed by atoms with Crippen molar-refractivity contribution in [3.63, 3.8) is 0 Å². The summed E-state index contributed by atoms with van der Waals surface area (Å²) < 4.78 is 5.34. The van der Waals surface area contributed by atoms with Crippen LogP contribution in [-0.2, 0) is 4.74 Å². The van der Waals surface area contributed by atoms with Crippen LogP contribution in [-0.4, -0.2) is 23.0 Å². The van der Waals surface area contributed by atoms with Crippen molar-refractivity contribution in [1.82, 2.24) is 5.32 Å². The Kier molecular flexibility index (Phi) is 5.17. The third-order valence-corrected chi connectivity index (χ3v) is 3.46. The Morgan fingerprint density at radius 3 is 2.41 bits per heavy atom. The summed E-state index contributed by atoms with van der Waals surface area (Å²) in [5, 5.41) is 3.09. The first kappa shape index (κ1) is 14.7. The molecule has 1 amide bonds. The second-order valence-corrected chi connectivity index (χ2v) is 6.39. The highest BCUT2D eigenvalue weighted by molar-refractivity contribution is 7.80. The van der Waals surface area contributed by atoms with E-state index in [0.717, 1.165) is 31.4 Å². The van der Waals surface area contributed by atoms with E-state index in [1.54, 1.807) is 0 Å². The van der Waals surface area contributed by atoms with E-state index in [4.69, 9.17) is 4.74 Å². The van der Waals surface area contributed by atoms with Gasteiger partial charge >= 0.3 is 6.09 Å². The van der Waals surface area contributed by atoms with Crippen LogP contribution >= 0.6 is 12.6 Å². The smallest absolute Gasteiger partial charge is 0.408 e. The van der Waals surface area contributed by atoms with Crippen LogP contribution in [0.1, 0.15) is 59.3 Å². The average molecular weight is 259 g/mol. The van der Waals surface area contributed by atoms with Crippen molar-refractivity contribution >= 4 is 18.7 Å². The lowest BCUT2D eigenvalue weighted by Crippen LogP contribution is -2.48. The molecule has 0 bridgehead atoms. The molecule has 0 aromatic rings. The molecule has 0 aliphatic heterocycles. The van der Waals surface area contributed by atoms with Crippen LogP contribution in [0.25, 0.3) is 0 Å². The quantitative estimate of drug-likeness (QED) is 0.758. The molecule has 4 heteroatoms. The van der Waals surface area contributed by atoms with Crippen LogP contribution in [0.15, 0.2) is 0 Å². The number of carbonyl (C=O) groups is 1. The number of thiol groups is 1. The highest BCUT2D eigenvalue weighted by Crippen LogP contribution is 2.34. The van der Waals surface area contributed by atoms with E-state index in [1.165, 1.54) is 12.8 Å². The number of nitrogens with one attached hydrogen (secondary N) is 1. The van der Waals surface area contributed by atoms with Crippen molar-refractivity contribution in [3.05, 3.63) is 0 Å². The Morgan fingerprint density at radius 1 is 1.35 bits per heavy atom. The number of rotatable bonds is 4. The number of amides is 1. The van der Waals surface area contributed by atoms with Gasteiger partial charge in [0, 0.05) is 5.54 Å². The van der Waals surface area contributed by atoms with Gasteiger partial charge in [0.2, 0.25) is 0 Å². The predicted octanol–water partition coefficient (Wildman–Crippen LogP) is 3.53. The molecule has 1 fully saturated rings. The van der Waals surface area contributed by atoms with E-state index in [0.29, 0.717) is 0 Å². The van der Waals surface area contributed by atoms with Gasteiger partial charge in [-0.1, -0.05) is 12.8 Å². The van der Waals surface area contributed by atoms with Crippen LogP contribution < -0.4 is 5.32 Å². The lowest BCUT2D eigenvalue weighted by molar-refractivity contribution is 0.0450. The number of carbonyl (C=O) groups excluding carboxylic acids is 1. The third kappa shape index (κ3) is 5.19. The van der Waals surface area contributed by atoms with E-state index in [1.807, 2.05) is 20.8 Å². The van der Waals surface area contributed by atoms with Crippen molar-refractivity contribution in [2.24, 2.45) is 0 Å². The van der Waals surface area contributed by atoms with Crippen molar-refractivity contribution in [1.29, 1.82) is 0 Å². The third-order valence-electron chi connectivity index (χ3n) is 3.14. The molecule has 1 rings (SSSR count). The molecule has 1 aliphatic rings. The molecule has 0 aromatic heterocycles. The molecule has 100 valence electrons. The number of alkyl carbamates (subject to hydrolysis) is 1. The second kappa shape index (κ2) is 5.98. The monoisotopic (exact) mass is 259 g/mol. The molecule has 0 unspecified atom stereocenters. The zero-order chi connectivity index (χ0) is 12.9. The fourth-order valence-electron chi connectivity index (χ4n) is 2.43. The maximum Gasteiger partial charge on any atom is 0.408 e. The minimum absolute atomic E-state index is 0.0366. The summed E-state index contributed by atoms with van der Waals surface area (Å²) in [6.45, 7) is 5.67. The van der Waals surface area contributed by atoms with Gasteiger partial charge in [-0.3, -0.25) is 0 Å². The van der Waals surface area contributed by atoms with Gasteiger partial charge in [-0.2, -0.15) is 12.6 Å². The Balaban J connectivity index is 2.52. The van der Waals surface area contributed by atoms with Crippen LogP contribution in [0.2, 0.25) is 0 Å². The van der Waals surface area contributed by atoms with Gasteiger partial charge in [-0.05, 0) is 52.2 Å². The van der Waals surface area contributed by atoms with Gasteiger partial charge in [0.1, 0.15) is 5.60 Å². The van der Waals surface area contributed by atoms with E-state index >= 15 is 0 Å². The summed E-state index contributed by atoms with van der Waals surface area (Å²) in [6, 6.07) is 0. The van der Waals surface area contributed by atoms with Crippen LogP contribution in [0.5, 0.6) is 0 Å². The molecule has 1 aliphatic carbocycles. The SMILES string of the molecule is CC(C)(C)OC(=O)NC1(CCCS)CCCC1. The predicted molar refractivity (Wildman–Crippen MR) is 73.7 cm³/mol. The van der Waals surface area contributed by atoms with Crippen molar-refractivity contribution in [3.8, 4) is 0 Å². The molecule has 3 nitrogen and oxygen atoms in total. The zero-order valence-electron chi connectivity index (χ0n) is 11.2. The zero-order valence-corrected chi connectivity index (χ0v) is 12.1. The first-order chi connectivity index (χ1) is 7.87. The highest BCUT2D eigenvalue weighted by atomic mass is 32.1. The normalized spacial score (nSPS) is 19.1. The minimum atomic E-state index is -0.423. The lowest BCUT2D eigenvalue weighted by Gasteiger charge is -2.31. The molecule has 0 saturated heterocycles. The molecular weight excluding hydrogens is 234 g/mol. The molecule has 0 atom stereocenters. The number of ether oxygens (including phenoxy) is 1. The molecule has 1 saturated carbocycles. The van der Waals surface area contributed by atoms with Crippen LogP contribution in [0, 0.1) is 0 Å². The maximum atomic E-state index is 11.8. The van der Waals surface area contributed by atoms with Crippen LogP contribution in [0.4, 0.5) is 4.79 Å². The average Bonchev–Trinajstić information content (AvgIpc) is 2.60. The van der Waals surface area contributed by atoms with E-state index < -0.39 is 5.60 Å². The fraction of sp³-hybridized carbons (Fsp3) is 0.923. The van der Waals surface area contributed by atoms with E-state index in [2.05, 4.69) is 17.9 Å². The Labute approximate surface area is 110 Å². The Morgan fingerprint density at radius 2 is 1.94 bits per heavy atom. The summed E-state index contributed by atoms with van der Waals surface area (Å²) in [7, 11) is 0. The van der Waals surface area contributed by atoms with Gasteiger partial charge in [0.15, 0.2) is 0 Å². The topological polar surface area (TPSA) is 38.3 Å². The molecule has 0 spiro atoms. The maximum absolute atomic E-state index is 11.8. The minimum Gasteiger partial charge on any atom is -0.444 e. The number of hydrogen-bond donors (Lipinski definition) is 2. The van der Waals surface area contributed by atoms with Gasteiger partial charge in [0.05, 0.1) is 0 Å². The Hall–Kier alpha value is -0.380. The van der Waals surface area contributed by atoms with Crippen molar-refractivity contribution in [2.45, 2.75) is 70.4 Å². The van der Waals surface area contributed by atoms with E-state index in [9.17, 15) is 4.79 Å². The highest BCUT2D eigenvalue weighted by Gasteiger charge is 2.35. The van der Waals surface area contributed by atoms with Gasteiger partial charge in [0.25, 0.3) is 0 Å². The molecule has 0 aromatic carbocycles. The standard InChI is InChI=1S/C13H25NO2S/c1-12(2,3)16-11(15)14-13(9-6-10-17)7-4-5-8-13/h17H,4-10H2,1-3H3,(H,14,15). The van der Waals surface area contributed by atoms with Crippen molar-refractivity contribution in [2.75, 3.05) is 5.75 Å². The number of hydrogen-bond acceptors (Lipinski definition) is 3. The largest absolute Gasteiger partial charge is 0.444 e. The Bertz CT molecular complexity index is 255. The van der Waals surface area contributed by atoms with Gasteiger partial charge in [-0.25, -0.2) is 4.79 Å².